The molecule has 0 aromatic heterocycles. The van der Waals surface area contributed by atoms with Crippen LogP contribution in [-0.2, 0) is 16.3 Å². The van der Waals surface area contributed by atoms with Gasteiger partial charge in [-0.3, -0.25) is 4.79 Å². The summed E-state index contributed by atoms with van der Waals surface area (Å²) in [6, 6.07) is 18.0. The molecule has 2 N–H and O–H groups in total. The van der Waals surface area contributed by atoms with Gasteiger partial charge in [-0.2, -0.15) is 0 Å². The Morgan fingerprint density at radius 2 is 1.71 bits per heavy atom. The molecule has 6 nitrogen and oxygen atoms in total. The minimum atomic E-state index is -3.49. The van der Waals surface area contributed by atoms with Gasteiger partial charge < -0.3 is 10.4 Å². The molecule has 0 spiro atoms. The average molecular weight is 532 g/mol. The fourth-order valence-electron chi connectivity index (χ4n) is 3.52. The normalized spacial score (nSPS) is 11.3. The molecule has 3 rings (SSSR count). The third kappa shape index (κ3) is 7.10. The van der Waals surface area contributed by atoms with Crippen molar-refractivity contribution in [1.82, 2.24) is 0 Å². The number of thioether (sulfide) groups is 1. The highest BCUT2D eigenvalue weighted by molar-refractivity contribution is 8.00. The lowest BCUT2D eigenvalue weighted by Crippen LogP contribution is -2.18. The Balaban J connectivity index is 1.75. The molecule has 0 saturated heterocycles. The number of carbonyl (C=O) groups is 2. The summed E-state index contributed by atoms with van der Waals surface area (Å²) >= 11 is 7.14. The van der Waals surface area contributed by atoms with Crippen molar-refractivity contribution in [2.45, 2.75) is 36.0 Å². The molecule has 184 valence electrons. The van der Waals surface area contributed by atoms with E-state index in [1.807, 2.05) is 6.92 Å². The molecule has 0 fully saturated rings. The fourth-order valence-corrected chi connectivity index (χ4v) is 6.32. The fraction of sp³-hybridized carbons (Fsp3) is 0.231. The molecule has 0 aliphatic heterocycles. The second-order valence-corrected chi connectivity index (χ2v) is 11.5. The predicted octanol–water partition coefficient (Wildman–Crippen LogP) is 6.20. The van der Waals surface area contributed by atoms with E-state index in [0.717, 1.165) is 12.8 Å². The summed E-state index contributed by atoms with van der Waals surface area (Å²) in [6.45, 7) is 2.02. The topological polar surface area (TPSA) is 101 Å². The minimum absolute atomic E-state index is 0.0117. The van der Waals surface area contributed by atoms with Crippen LogP contribution in [0.25, 0.3) is 0 Å². The molecule has 35 heavy (non-hydrogen) atoms. The summed E-state index contributed by atoms with van der Waals surface area (Å²) in [5.74, 6) is -1.49. The third-order valence-electron chi connectivity index (χ3n) is 5.33. The van der Waals surface area contributed by atoms with Crippen molar-refractivity contribution in [3.63, 3.8) is 0 Å². The quantitative estimate of drug-likeness (QED) is 0.286. The second kappa shape index (κ2) is 12.2. The number of rotatable bonds is 11. The molecule has 0 atom stereocenters. The Kier molecular flexibility index (Phi) is 9.37. The Morgan fingerprint density at radius 1 is 1.00 bits per heavy atom. The molecule has 0 aliphatic carbocycles. The van der Waals surface area contributed by atoms with Gasteiger partial charge in [-0.25, -0.2) is 13.2 Å². The summed E-state index contributed by atoms with van der Waals surface area (Å²) in [5.41, 5.74) is 1.22. The number of carboxylic acid groups (broad SMARTS) is 1. The van der Waals surface area contributed by atoms with E-state index in [-0.39, 0.29) is 27.5 Å². The maximum atomic E-state index is 13.1. The van der Waals surface area contributed by atoms with E-state index in [2.05, 4.69) is 5.32 Å². The second-order valence-electron chi connectivity index (χ2n) is 7.82. The van der Waals surface area contributed by atoms with Crippen LogP contribution in [-0.4, -0.2) is 36.9 Å². The Bertz CT molecular complexity index is 1310. The number of benzene rings is 3. The third-order valence-corrected chi connectivity index (χ3v) is 8.64. The zero-order valence-electron chi connectivity index (χ0n) is 19.2. The number of anilines is 1. The first-order chi connectivity index (χ1) is 16.7. The first-order valence-corrected chi connectivity index (χ1v) is 14.1. The van der Waals surface area contributed by atoms with Crippen LogP contribution in [0.3, 0.4) is 0 Å². The van der Waals surface area contributed by atoms with Crippen LogP contribution in [0.2, 0.25) is 5.02 Å². The number of aromatic carboxylic acids is 1. The summed E-state index contributed by atoms with van der Waals surface area (Å²) in [5, 5.41) is 13.0. The molecule has 9 heteroatoms. The first-order valence-electron chi connectivity index (χ1n) is 11.1. The summed E-state index contributed by atoms with van der Waals surface area (Å²) < 4.78 is 25.2. The molecule has 3 aromatic carbocycles. The van der Waals surface area contributed by atoms with Crippen molar-refractivity contribution < 1.29 is 23.1 Å². The molecular formula is C26H26ClNO5S2. The zero-order valence-corrected chi connectivity index (χ0v) is 21.5. The molecule has 1 amide bonds. The van der Waals surface area contributed by atoms with Gasteiger partial charge in [0.25, 0.3) is 5.91 Å². The highest BCUT2D eigenvalue weighted by atomic mass is 35.5. The minimum Gasteiger partial charge on any atom is -0.478 e. The molecule has 3 aromatic rings. The van der Waals surface area contributed by atoms with Gasteiger partial charge in [-0.15, -0.1) is 11.8 Å². The summed E-state index contributed by atoms with van der Waals surface area (Å²) in [6.07, 6.45) is 2.31. The number of unbranched alkanes of at least 4 members (excludes halogenated alkanes) is 1. The Morgan fingerprint density at radius 3 is 2.40 bits per heavy atom. The highest BCUT2D eigenvalue weighted by Gasteiger charge is 2.21. The van der Waals surface area contributed by atoms with Crippen LogP contribution in [0, 0.1) is 0 Å². The van der Waals surface area contributed by atoms with Gasteiger partial charge in [0.15, 0.2) is 9.84 Å². The number of para-hydroxylation sites is 1. The number of hydrogen-bond donors (Lipinski definition) is 2. The first kappa shape index (κ1) is 26.8. The van der Waals surface area contributed by atoms with Crippen LogP contribution in [0.15, 0.2) is 76.5 Å². The van der Waals surface area contributed by atoms with Crippen LogP contribution < -0.4 is 5.32 Å². The largest absolute Gasteiger partial charge is 0.478 e. The van der Waals surface area contributed by atoms with Gasteiger partial charge in [0, 0.05) is 15.7 Å². The van der Waals surface area contributed by atoms with Crippen molar-refractivity contribution in [2.24, 2.45) is 0 Å². The SMILES string of the molecule is CCCCc1cccc(C(=O)Nc2ccccc2SCCS(=O)(=O)c2ccc(Cl)cc2)c1C(=O)O. The van der Waals surface area contributed by atoms with Crippen LogP contribution in [0.5, 0.6) is 0 Å². The van der Waals surface area contributed by atoms with E-state index in [9.17, 15) is 23.1 Å². The van der Waals surface area contributed by atoms with Crippen molar-refractivity contribution in [2.75, 3.05) is 16.8 Å². The molecule has 0 unspecified atom stereocenters. The molecule has 0 bridgehead atoms. The van der Waals surface area contributed by atoms with Gasteiger partial charge in [0.05, 0.1) is 27.5 Å². The van der Waals surface area contributed by atoms with Crippen LogP contribution in [0.4, 0.5) is 5.69 Å². The summed E-state index contributed by atoms with van der Waals surface area (Å²) in [7, 11) is -3.49. The van der Waals surface area contributed by atoms with E-state index in [1.165, 1.54) is 42.1 Å². The van der Waals surface area contributed by atoms with Gasteiger partial charge >= 0.3 is 5.97 Å². The lowest BCUT2D eigenvalue weighted by Gasteiger charge is -2.14. The number of aryl methyl sites for hydroxylation is 1. The van der Waals surface area contributed by atoms with E-state index >= 15 is 0 Å². The predicted molar refractivity (Wildman–Crippen MR) is 141 cm³/mol. The van der Waals surface area contributed by atoms with E-state index in [4.69, 9.17) is 11.6 Å². The standard InChI is InChI=1S/C26H26ClNO5S2/c1-2-3-7-18-8-6-9-21(24(18)26(30)31)25(29)28-22-10-4-5-11-23(22)34-16-17-35(32,33)20-14-12-19(27)13-15-20/h4-6,8-15H,2-3,7,16-17H2,1H3,(H,28,29)(H,30,31). The number of sulfone groups is 1. The molecular weight excluding hydrogens is 506 g/mol. The van der Waals surface area contributed by atoms with Gasteiger partial charge in [-0.05, 0) is 60.9 Å². The maximum absolute atomic E-state index is 13.1. The number of hydrogen-bond acceptors (Lipinski definition) is 5. The maximum Gasteiger partial charge on any atom is 0.336 e. The van der Waals surface area contributed by atoms with Crippen molar-refractivity contribution in [1.29, 1.82) is 0 Å². The highest BCUT2D eigenvalue weighted by Crippen LogP contribution is 2.29. The van der Waals surface area contributed by atoms with Crippen LogP contribution >= 0.6 is 23.4 Å². The van der Waals surface area contributed by atoms with Gasteiger partial charge in [-0.1, -0.05) is 49.2 Å². The van der Waals surface area contributed by atoms with Crippen molar-refractivity contribution in [3.8, 4) is 0 Å². The number of amides is 1. The number of carboxylic acids is 1. The monoisotopic (exact) mass is 531 g/mol. The molecule has 0 heterocycles. The van der Waals surface area contributed by atoms with E-state index in [0.29, 0.717) is 27.6 Å². The lowest BCUT2D eigenvalue weighted by atomic mass is 9.96. The van der Waals surface area contributed by atoms with Crippen LogP contribution in [0.1, 0.15) is 46.0 Å². The molecule has 0 radical (unpaired) electrons. The smallest absolute Gasteiger partial charge is 0.336 e. The van der Waals surface area contributed by atoms with Crippen molar-refractivity contribution in [3.05, 3.63) is 88.4 Å². The Labute approximate surface area is 214 Å². The van der Waals surface area contributed by atoms with Crippen molar-refractivity contribution >= 4 is 50.8 Å². The average Bonchev–Trinajstić information content (AvgIpc) is 2.83. The number of nitrogens with one attached hydrogen (secondary N) is 1. The zero-order chi connectivity index (χ0) is 25.4. The molecule has 0 saturated carbocycles. The van der Waals surface area contributed by atoms with Gasteiger partial charge in [0.2, 0.25) is 0 Å². The Hall–Kier alpha value is -2.81. The van der Waals surface area contributed by atoms with E-state index in [1.54, 1.807) is 36.4 Å². The van der Waals surface area contributed by atoms with E-state index < -0.39 is 21.7 Å². The lowest BCUT2D eigenvalue weighted by molar-refractivity contribution is 0.0691. The number of halogens is 1. The molecule has 0 aliphatic rings. The van der Waals surface area contributed by atoms with Gasteiger partial charge in [0.1, 0.15) is 0 Å². The summed E-state index contributed by atoms with van der Waals surface area (Å²) in [4.78, 5) is 25.9. The number of carbonyl (C=O) groups excluding carboxylic acids is 1.